The molecule has 0 spiro atoms. The second-order valence-electron chi connectivity index (χ2n) is 5.16. The summed E-state index contributed by atoms with van der Waals surface area (Å²) in [5, 5.41) is 13.8. The number of aryl methyl sites for hydroxylation is 1. The third-order valence-electron chi connectivity index (χ3n) is 3.34. The Bertz CT molecular complexity index is 851. The van der Waals surface area contributed by atoms with Crippen molar-refractivity contribution in [3.63, 3.8) is 0 Å². The van der Waals surface area contributed by atoms with E-state index in [9.17, 15) is 19.7 Å². The van der Waals surface area contributed by atoms with Crippen molar-refractivity contribution in [1.82, 2.24) is 0 Å². The van der Waals surface area contributed by atoms with Gasteiger partial charge in [0, 0.05) is 27.0 Å². The lowest BCUT2D eigenvalue weighted by Gasteiger charge is -2.10. The molecule has 0 saturated carbocycles. The number of nitrogens with zero attached hydrogens (tertiary/aromatic N) is 1. The van der Waals surface area contributed by atoms with Gasteiger partial charge in [-0.1, -0.05) is 0 Å². The summed E-state index contributed by atoms with van der Waals surface area (Å²) in [5.74, 6) is -1.26. The zero-order valence-electron chi connectivity index (χ0n) is 13.5. The van der Waals surface area contributed by atoms with E-state index in [0.717, 1.165) is 21.3 Å². The molecule has 0 aliphatic carbocycles. The highest BCUT2D eigenvalue weighted by molar-refractivity contribution is 14.1. The molecule has 1 amide bonds. The second-order valence-corrected chi connectivity index (χ2v) is 6.41. The zero-order chi connectivity index (χ0) is 18.6. The molecule has 0 atom stereocenters. The third kappa shape index (κ3) is 4.75. The summed E-state index contributed by atoms with van der Waals surface area (Å²) in [6.07, 6.45) is 0. The normalized spacial score (nSPS) is 10.2. The van der Waals surface area contributed by atoms with Crippen LogP contribution in [0.5, 0.6) is 0 Å². The lowest BCUT2D eigenvalue weighted by atomic mass is 10.1. The van der Waals surface area contributed by atoms with Crippen LogP contribution < -0.4 is 5.32 Å². The predicted molar refractivity (Wildman–Crippen MR) is 101 cm³/mol. The largest absolute Gasteiger partial charge is 0.462 e. The van der Waals surface area contributed by atoms with Gasteiger partial charge in [0.05, 0.1) is 17.1 Å². The zero-order valence-corrected chi connectivity index (χ0v) is 15.7. The monoisotopic (exact) mass is 454 g/mol. The molecule has 0 radical (unpaired) electrons. The average molecular weight is 454 g/mol. The quantitative estimate of drug-likeness (QED) is 0.320. The molecule has 7 nitrogen and oxygen atoms in total. The Morgan fingerprint density at radius 2 is 1.88 bits per heavy atom. The van der Waals surface area contributed by atoms with Crippen molar-refractivity contribution < 1.29 is 19.2 Å². The molecule has 0 unspecified atom stereocenters. The lowest BCUT2D eigenvalue weighted by Crippen LogP contribution is -2.15. The van der Waals surface area contributed by atoms with Gasteiger partial charge in [-0.05, 0) is 66.3 Å². The van der Waals surface area contributed by atoms with E-state index in [-0.39, 0.29) is 23.4 Å². The van der Waals surface area contributed by atoms with Gasteiger partial charge in [-0.25, -0.2) is 4.79 Å². The van der Waals surface area contributed by atoms with Crippen LogP contribution >= 0.6 is 22.6 Å². The van der Waals surface area contributed by atoms with Crippen molar-refractivity contribution in [2.24, 2.45) is 0 Å². The van der Waals surface area contributed by atoms with Gasteiger partial charge in [-0.15, -0.1) is 0 Å². The van der Waals surface area contributed by atoms with Gasteiger partial charge in [0.25, 0.3) is 11.6 Å². The molecule has 0 heterocycles. The van der Waals surface area contributed by atoms with Crippen LogP contribution in [0.2, 0.25) is 0 Å². The van der Waals surface area contributed by atoms with E-state index in [4.69, 9.17) is 4.74 Å². The van der Waals surface area contributed by atoms with E-state index in [1.165, 1.54) is 6.07 Å². The second kappa shape index (κ2) is 8.06. The van der Waals surface area contributed by atoms with Crippen molar-refractivity contribution >= 4 is 45.8 Å². The molecule has 25 heavy (non-hydrogen) atoms. The molecule has 2 aromatic rings. The van der Waals surface area contributed by atoms with Gasteiger partial charge in [-0.3, -0.25) is 14.9 Å². The SMILES string of the molecule is CCOC(=O)c1cc(C(=O)Nc2ccc(I)cc2C)cc([N+](=O)[O-])c1. The highest BCUT2D eigenvalue weighted by Crippen LogP contribution is 2.22. The summed E-state index contributed by atoms with van der Waals surface area (Å²) in [7, 11) is 0. The number of anilines is 1. The Morgan fingerprint density at radius 1 is 1.20 bits per heavy atom. The smallest absolute Gasteiger partial charge is 0.338 e. The van der Waals surface area contributed by atoms with Gasteiger partial charge in [0.1, 0.15) is 0 Å². The number of non-ortho nitro benzene ring substituents is 1. The minimum absolute atomic E-state index is 0.00945. The number of halogens is 1. The van der Waals surface area contributed by atoms with E-state index < -0.39 is 16.8 Å². The molecular weight excluding hydrogens is 439 g/mol. The predicted octanol–water partition coefficient (Wildman–Crippen LogP) is 3.94. The standard InChI is InChI=1S/C17H15IN2O5/c1-3-25-17(22)12-7-11(8-14(9-12)20(23)24)16(21)19-15-5-4-13(18)6-10(15)2/h4-9H,3H2,1-2H3,(H,19,21). The summed E-state index contributed by atoms with van der Waals surface area (Å²) < 4.78 is 5.88. The number of nitrogens with one attached hydrogen (secondary N) is 1. The Kier molecular flexibility index (Phi) is 6.07. The summed E-state index contributed by atoms with van der Waals surface area (Å²) in [6, 6.07) is 8.97. The summed E-state index contributed by atoms with van der Waals surface area (Å²) in [4.78, 5) is 34.8. The minimum atomic E-state index is -0.717. The van der Waals surface area contributed by atoms with E-state index in [0.29, 0.717) is 5.69 Å². The van der Waals surface area contributed by atoms with Gasteiger partial charge in [-0.2, -0.15) is 0 Å². The highest BCUT2D eigenvalue weighted by Gasteiger charge is 2.19. The van der Waals surface area contributed by atoms with Gasteiger partial charge in [0.2, 0.25) is 0 Å². The number of benzene rings is 2. The number of carbonyl (C=O) groups is 2. The summed E-state index contributed by atoms with van der Waals surface area (Å²) >= 11 is 2.16. The Morgan fingerprint density at radius 3 is 2.48 bits per heavy atom. The Hall–Kier alpha value is -2.49. The fourth-order valence-corrected chi connectivity index (χ4v) is 2.79. The first-order valence-corrected chi connectivity index (χ1v) is 8.43. The number of rotatable bonds is 5. The maximum atomic E-state index is 12.5. The lowest BCUT2D eigenvalue weighted by molar-refractivity contribution is -0.384. The molecule has 1 N–H and O–H groups in total. The number of nitro benzene ring substituents is 1. The van der Waals surface area contributed by atoms with Gasteiger partial charge >= 0.3 is 5.97 Å². The van der Waals surface area contributed by atoms with Crippen LogP contribution in [-0.2, 0) is 4.74 Å². The number of hydrogen-bond donors (Lipinski definition) is 1. The number of ether oxygens (including phenoxy) is 1. The van der Waals surface area contributed by atoms with Crippen molar-refractivity contribution in [2.75, 3.05) is 11.9 Å². The molecule has 0 aliphatic heterocycles. The first kappa shape index (κ1) is 18.8. The summed E-state index contributed by atoms with van der Waals surface area (Å²) in [6.45, 7) is 3.60. The first-order chi connectivity index (χ1) is 11.8. The van der Waals surface area contributed by atoms with Crippen LogP contribution in [0.15, 0.2) is 36.4 Å². The molecule has 0 bridgehead atoms. The number of amides is 1. The van der Waals surface area contributed by atoms with E-state index in [2.05, 4.69) is 27.9 Å². The maximum Gasteiger partial charge on any atom is 0.338 e. The van der Waals surface area contributed by atoms with Gasteiger partial charge in [0.15, 0.2) is 0 Å². The van der Waals surface area contributed by atoms with Crippen LogP contribution in [0.4, 0.5) is 11.4 Å². The number of esters is 1. The maximum absolute atomic E-state index is 12.5. The van der Waals surface area contributed by atoms with Crippen molar-refractivity contribution in [3.05, 3.63) is 66.8 Å². The molecule has 0 saturated heterocycles. The number of carbonyl (C=O) groups excluding carboxylic acids is 2. The number of hydrogen-bond acceptors (Lipinski definition) is 5. The van der Waals surface area contributed by atoms with Crippen molar-refractivity contribution in [2.45, 2.75) is 13.8 Å². The van der Waals surface area contributed by atoms with Crippen molar-refractivity contribution in [3.8, 4) is 0 Å². The van der Waals surface area contributed by atoms with E-state index in [1.807, 2.05) is 19.1 Å². The van der Waals surface area contributed by atoms with Crippen LogP contribution in [0.3, 0.4) is 0 Å². The van der Waals surface area contributed by atoms with Gasteiger partial charge < -0.3 is 10.1 Å². The van der Waals surface area contributed by atoms with Crippen LogP contribution in [0, 0.1) is 20.6 Å². The Labute approximate surface area is 157 Å². The topological polar surface area (TPSA) is 98.5 Å². The highest BCUT2D eigenvalue weighted by atomic mass is 127. The van der Waals surface area contributed by atoms with Crippen LogP contribution in [0.1, 0.15) is 33.2 Å². The molecule has 2 aromatic carbocycles. The molecular formula is C17H15IN2O5. The summed E-state index contributed by atoms with van der Waals surface area (Å²) in [5.41, 5.74) is 1.07. The van der Waals surface area contributed by atoms with Crippen LogP contribution in [-0.4, -0.2) is 23.4 Å². The minimum Gasteiger partial charge on any atom is -0.462 e. The fourth-order valence-electron chi connectivity index (χ4n) is 2.14. The molecule has 0 aliphatic rings. The first-order valence-electron chi connectivity index (χ1n) is 7.36. The molecule has 0 aromatic heterocycles. The number of nitro groups is 1. The Balaban J connectivity index is 2.37. The molecule has 8 heteroatoms. The van der Waals surface area contributed by atoms with E-state index in [1.54, 1.807) is 13.0 Å². The molecule has 0 fully saturated rings. The average Bonchev–Trinajstić information content (AvgIpc) is 2.57. The third-order valence-corrected chi connectivity index (χ3v) is 4.01. The van der Waals surface area contributed by atoms with Crippen LogP contribution in [0.25, 0.3) is 0 Å². The molecule has 130 valence electrons. The van der Waals surface area contributed by atoms with E-state index >= 15 is 0 Å². The fraction of sp³-hybridized carbons (Fsp3) is 0.176. The molecule has 2 rings (SSSR count). The van der Waals surface area contributed by atoms with Crippen molar-refractivity contribution in [1.29, 1.82) is 0 Å².